The molecule has 0 radical (unpaired) electrons. The van der Waals surface area contributed by atoms with Crippen molar-refractivity contribution in [1.82, 2.24) is 5.32 Å². The molecule has 1 aliphatic rings. The van der Waals surface area contributed by atoms with Crippen LogP contribution in [0.5, 0.6) is 0 Å². The van der Waals surface area contributed by atoms with Gasteiger partial charge in [-0.05, 0) is 20.8 Å². The van der Waals surface area contributed by atoms with E-state index in [0.717, 1.165) is 26.1 Å². The minimum atomic E-state index is -0.142. The van der Waals surface area contributed by atoms with Crippen LogP contribution in [0, 0.1) is 12.3 Å². The summed E-state index contributed by atoms with van der Waals surface area (Å²) in [5.41, 5.74) is -0.0692. The van der Waals surface area contributed by atoms with E-state index in [4.69, 9.17) is 11.2 Å². The summed E-state index contributed by atoms with van der Waals surface area (Å²) in [6, 6.07) is 0. The van der Waals surface area contributed by atoms with Gasteiger partial charge in [-0.2, -0.15) is 0 Å². The van der Waals surface area contributed by atoms with Crippen LogP contribution in [0.25, 0.3) is 0 Å². The van der Waals surface area contributed by atoms with Gasteiger partial charge < -0.3 is 4.74 Å². The van der Waals surface area contributed by atoms with Crippen molar-refractivity contribution in [3.05, 3.63) is 0 Å². The second-order valence-electron chi connectivity index (χ2n) is 4.71. The van der Waals surface area contributed by atoms with Crippen molar-refractivity contribution in [2.75, 3.05) is 13.2 Å². The van der Waals surface area contributed by atoms with Crippen molar-refractivity contribution < 1.29 is 4.74 Å². The summed E-state index contributed by atoms with van der Waals surface area (Å²) in [6.07, 6.45) is 7.41. The highest BCUT2D eigenvalue weighted by Gasteiger charge is 2.33. The highest BCUT2D eigenvalue weighted by molar-refractivity contribution is 5.15. The molecule has 0 aromatic heterocycles. The summed E-state index contributed by atoms with van der Waals surface area (Å²) in [5, 5.41) is 3.51. The lowest BCUT2D eigenvalue weighted by molar-refractivity contribution is 0.0500. The van der Waals surface area contributed by atoms with Crippen LogP contribution in [0.4, 0.5) is 0 Å². The molecule has 13 heavy (non-hydrogen) atoms. The van der Waals surface area contributed by atoms with Gasteiger partial charge in [-0.3, -0.25) is 5.32 Å². The average Bonchev–Trinajstić information content (AvgIpc) is 2.03. The Morgan fingerprint density at radius 2 is 1.85 bits per heavy atom. The average molecular weight is 181 g/mol. The summed E-state index contributed by atoms with van der Waals surface area (Å²) in [6.45, 7) is 7.96. The fourth-order valence-corrected chi connectivity index (χ4v) is 1.74. The van der Waals surface area contributed by atoms with Crippen molar-refractivity contribution in [1.29, 1.82) is 0 Å². The fraction of sp³-hybridized carbons (Fsp3) is 0.818. The van der Waals surface area contributed by atoms with E-state index < -0.39 is 0 Å². The second-order valence-corrected chi connectivity index (χ2v) is 4.71. The van der Waals surface area contributed by atoms with E-state index in [-0.39, 0.29) is 11.1 Å². The van der Waals surface area contributed by atoms with Gasteiger partial charge in [0.15, 0.2) is 0 Å². The van der Waals surface area contributed by atoms with Crippen LogP contribution in [0.2, 0.25) is 0 Å². The number of terminal acetylenes is 1. The minimum Gasteiger partial charge on any atom is -0.381 e. The molecule has 0 saturated carbocycles. The molecule has 1 rings (SSSR count). The molecule has 1 N–H and O–H groups in total. The summed E-state index contributed by atoms with van der Waals surface area (Å²) >= 11 is 0. The maximum absolute atomic E-state index is 5.58. The Balaban J connectivity index is 2.65. The van der Waals surface area contributed by atoms with Crippen LogP contribution in [0.15, 0.2) is 0 Å². The second kappa shape index (κ2) is 3.69. The molecule has 0 spiro atoms. The van der Waals surface area contributed by atoms with Crippen molar-refractivity contribution in [3.8, 4) is 12.3 Å². The monoisotopic (exact) mass is 181 g/mol. The van der Waals surface area contributed by atoms with E-state index in [2.05, 4.69) is 32.0 Å². The van der Waals surface area contributed by atoms with Crippen molar-refractivity contribution in [2.45, 2.75) is 44.7 Å². The van der Waals surface area contributed by atoms with E-state index in [0.29, 0.717) is 0 Å². The van der Waals surface area contributed by atoms with E-state index >= 15 is 0 Å². The first-order chi connectivity index (χ1) is 5.97. The lowest BCUT2D eigenvalue weighted by Crippen LogP contribution is -2.55. The third-order valence-corrected chi connectivity index (χ3v) is 2.24. The van der Waals surface area contributed by atoms with Crippen LogP contribution in [0.1, 0.15) is 33.6 Å². The highest BCUT2D eigenvalue weighted by Crippen LogP contribution is 2.22. The Kier molecular flexibility index (Phi) is 3.00. The van der Waals surface area contributed by atoms with Crippen LogP contribution >= 0.6 is 0 Å². The van der Waals surface area contributed by atoms with Crippen molar-refractivity contribution >= 4 is 0 Å². The third-order valence-electron chi connectivity index (χ3n) is 2.24. The van der Waals surface area contributed by atoms with Crippen LogP contribution in [0.3, 0.4) is 0 Å². The Labute approximate surface area is 81.0 Å². The van der Waals surface area contributed by atoms with E-state index in [1.54, 1.807) is 0 Å². The molecule has 74 valence electrons. The number of nitrogens with one attached hydrogen (secondary N) is 1. The molecule has 1 fully saturated rings. The molecular weight excluding hydrogens is 162 g/mol. The Morgan fingerprint density at radius 3 is 2.23 bits per heavy atom. The van der Waals surface area contributed by atoms with Crippen LogP contribution in [-0.2, 0) is 4.74 Å². The summed E-state index contributed by atoms with van der Waals surface area (Å²) in [4.78, 5) is 0. The number of rotatable bonds is 1. The van der Waals surface area contributed by atoms with Gasteiger partial charge in [-0.25, -0.2) is 0 Å². The zero-order valence-corrected chi connectivity index (χ0v) is 8.81. The SMILES string of the molecule is C#CC1(NC(C)(C)C)CCOCC1. The van der Waals surface area contributed by atoms with Gasteiger partial charge in [0, 0.05) is 31.6 Å². The molecule has 0 bridgehead atoms. The lowest BCUT2D eigenvalue weighted by atomic mass is 9.88. The summed E-state index contributed by atoms with van der Waals surface area (Å²) in [5.74, 6) is 2.88. The molecule has 0 amide bonds. The predicted octanol–water partition coefficient (Wildman–Crippen LogP) is 1.56. The van der Waals surface area contributed by atoms with Crippen molar-refractivity contribution in [2.24, 2.45) is 0 Å². The highest BCUT2D eigenvalue weighted by atomic mass is 16.5. The van der Waals surface area contributed by atoms with Gasteiger partial charge in [-0.1, -0.05) is 5.92 Å². The minimum absolute atomic E-state index is 0.0731. The summed E-state index contributed by atoms with van der Waals surface area (Å²) < 4.78 is 5.31. The van der Waals surface area contributed by atoms with E-state index in [9.17, 15) is 0 Å². The Bertz CT molecular complexity index is 203. The van der Waals surface area contributed by atoms with Crippen LogP contribution < -0.4 is 5.32 Å². The number of ether oxygens (including phenoxy) is 1. The first-order valence-corrected chi connectivity index (χ1v) is 4.82. The van der Waals surface area contributed by atoms with Crippen LogP contribution in [-0.4, -0.2) is 24.3 Å². The number of hydrogen-bond donors (Lipinski definition) is 1. The smallest absolute Gasteiger partial charge is 0.0846 e. The molecular formula is C11H19NO. The standard InChI is InChI=1S/C11H19NO/c1-5-11(12-10(2,3)4)6-8-13-9-7-11/h1,12H,6-9H2,2-4H3. The molecule has 0 unspecified atom stereocenters. The third kappa shape index (κ3) is 3.02. The molecule has 2 heteroatoms. The van der Waals surface area contributed by atoms with Gasteiger partial charge >= 0.3 is 0 Å². The molecule has 0 aromatic rings. The quantitative estimate of drug-likeness (QED) is 0.620. The Hall–Kier alpha value is -0.520. The lowest BCUT2D eigenvalue weighted by Gasteiger charge is -2.39. The van der Waals surface area contributed by atoms with Gasteiger partial charge in [0.25, 0.3) is 0 Å². The molecule has 0 aliphatic carbocycles. The zero-order valence-electron chi connectivity index (χ0n) is 8.81. The first kappa shape index (κ1) is 10.6. The number of hydrogen-bond acceptors (Lipinski definition) is 2. The maximum atomic E-state index is 5.58. The normalized spacial score (nSPS) is 22.3. The van der Waals surface area contributed by atoms with Gasteiger partial charge in [0.2, 0.25) is 0 Å². The Morgan fingerprint density at radius 1 is 1.31 bits per heavy atom. The topological polar surface area (TPSA) is 21.3 Å². The van der Waals surface area contributed by atoms with E-state index in [1.165, 1.54) is 0 Å². The maximum Gasteiger partial charge on any atom is 0.0846 e. The first-order valence-electron chi connectivity index (χ1n) is 4.82. The van der Waals surface area contributed by atoms with Gasteiger partial charge in [-0.15, -0.1) is 6.42 Å². The molecule has 1 aliphatic heterocycles. The molecule has 0 atom stereocenters. The van der Waals surface area contributed by atoms with Gasteiger partial charge in [0.05, 0.1) is 5.54 Å². The van der Waals surface area contributed by atoms with Gasteiger partial charge in [0.1, 0.15) is 0 Å². The fourth-order valence-electron chi connectivity index (χ4n) is 1.74. The predicted molar refractivity (Wildman–Crippen MR) is 54.5 cm³/mol. The molecule has 0 aromatic carbocycles. The van der Waals surface area contributed by atoms with E-state index in [1.807, 2.05) is 0 Å². The van der Waals surface area contributed by atoms with Crippen molar-refractivity contribution in [3.63, 3.8) is 0 Å². The largest absolute Gasteiger partial charge is 0.381 e. The molecule has 1 saturated heterocycles. The molecule has 2 nitrogen and oxygen atoms in total. The molecule has 1 heterocycles. The summed E-state index contributed by atoms with van der Waals surface area (Å²) in [7, 11) is 0. The zero-order chi connectivity index (χ0) is 9.95.